The predicted molar refractivity (Wildman–Crippen MR) is 180 cm³/mol. The molecule has 4 unspecified atom stereocenters. The summed E-state index contributed by atoms with van der Waals surface area (Å²) in [5.74, 6) is 0. The van der Waals surface area contributed by atoms with Crippen LogP contribution in [-0.4, -0.2) is 22.9 Å². The zero-order valence-corrected chi connectivity index (χ0v) is 28.1. The van der Waals surface area contributed by atoms with E-state index in [1.54, 1.807) is 0 Å². The molecule has 4 rings (SSSR count). The lowest BCUT2D eigenvalue weighted by Crippen LogP contribution is -2.41. The van der Waals surface area contributed by atoms with Crippen LogP contribution in [0.2, 0.25) is 0 Å². The van der Waals surface area contributed by atoms with Gasteiger partial charge in [0.15, 0.2) is 0 Å². The van der Waals surface area contributed by atoms with Crippen molar-refractivity contribution < 1.29 is 9.47 Å². The van der Waals surface area contributed by atoms with Crippen LogP contribution in [0.4, 0.5) is 0 Å². The van der Waals surface area contributed by atoms with E-state index in [0.717, 1.165) is 12.8 Å². The maximum Gasteiger partial charge on any atom is 0.121 e. The van der Waals surface area contributed by atoms with Crippen LogP contribution in [0.25, 0.3) is 0 Å². The van der Waals surface area contributed by atoms with Gasteiger partial charge in [0, 0.05) is 5.41 Å². The number of ether oxygens (including phenoxy) is 2. The molecule has 0 bridgehead atoms. The highest BCUT2D eigenvalue weighted by molar-refractivity contribution is 5.38. The van der Waals surface area contributed by atoms with Gasteiger partial charge in [-0.05, 0) is 109 Å². The minimum absolute atomic E-state index is 0.0166. The SMILES string of the molecule is C/C(=C/C=C/C(C)=C/C=C/C=C(C)/C=C/C=C(C)/C=C/C12OC1(C)CCCC2(C)C)C1C=C2C(C)(C)CCCC2(C)O1. The van der Waals surface area contributed by atoms with Crippen LogP contribution in [0, 0.1) is 10.8 Å². The lowest BCUT2D eigenvalue weighted by molar-refractivity contribution is -0.0307. The van der Waals surface area contributed by atoms with Crippen molar-refractivity contribution in [3.63, 3.8) is 0 Å². The van der Waals surface area contributed by atoms with Crippen molar-refractivity contribution in [2.75, 3.05) is 0 Å². The molecule has 228 valence electrons. The first-order chi connectivity index (χ1) is 19.6. The van der Waals surface area contributed by atoms with Crippen LogP contribution >= 0.6 is 0 Å². The van der Waals surface area contributed by atoms with Crippen molar-refractivity contribution in [1.29, 1.82) is 0 Å². The topological polar surface area (TPSA) is 21.8 Å². The van der Waals surface area contributed by atoms with Crippen LogP contribution in [0.1, 0.15) is 108 Å². The number of epoxide rings is 1. The Balaban J connectivity index is 1.26. The van der Waals surface area contributed by atoms with Crippen LogP contribution < -0.4 is 0 Å². The molecule has 3 fully saturated rings. The van der Waals surface area contributed by atoms with Crippen LogP contribution in [0.3, 0.4) is 0 Å². The number of hydrogen-bond acceptors (Lipinski definition) is 2. The van der Waals surface area contributed by atoms with E-state index in [0.29, 0.717) is 0 Å². The monoisotopic (exact) mass is 568 g/mol. The lowest BCUT2D eigenvalue weighted by Gasteiger charge is -2.42. The van der Waals surface area contributed by atoms with Crippen molar-refractivity contribution in [2.24, 2.45) is 10.8 Å². The third-order valence-corrected chi connectivity index (χ3v) is 10.3. The van der Waals surface area contributed by atoms with Crippen molar-refractivity contribution in [3.8, 4) is 0 Å². The predicted octanol–water partition coefficient (Wildman–Crippen LogP) is 11.0. The van der Waals surface area contributed by atoms with E-state index >= 15 is 0 Å². The quantitative estimate of drug-likeness (QED) is 0.157. The Labute approximate surface area is 257 Å². The maximum absolute atomic E-state index is 6.56. The van der Waals surface area contributed by atoms with Crippen LogP contribution in [0.15, 0.2) is 107 Å². The van der Waals surface area contributed by atoms with Crippen molar-refractivity contribution in [2.45, 2.75) is 131 Å². The highest BCUT2D eigenvalue weighted by Crippen LogP contribution is 2.66. The Kier molecular flexibility index (Phi) is 9.51. The van der Waals surface area contributed by atoms with Gasteiger partial charge in [0.25, 0.3) is 0 Å². The molecule has 4 aliphatic rings. The molecule has 2 saturated carbocycles. The molecular formula is C40H56O2. The van der Waals surface area contributed by atoms with Gasteiger partial charge in [0.1, 0.15) is 5.60 Å². The molecule has 2 nitrogen and oxygen atoms in total. The van der Waals surface area contributed by atoms with Crippen molar-refractivity contribution in [3.05, 3.63) is 107 Å². The molecule has 0 radical (unpaired) electrons. The second kappa shape index (κ2) is 12.3. The Morgan fingerprint density at radius 3 is 1.88 bits per heavy atom. The first kappa shape index (κ1) is 32.5. The molecule has 42 heavy (non-hydrogen) atoms. The number of rotatable bonds is 9. The number of allylic oxidation sites excluding steroid dienone is 14. The molecule has 0 aromatic rings. The Bertz CT molecular complexity index is 1300. The summed E-state index contributed by atoms with van der Waals surface area (Å²) in [5.41, 5.74) is 6.66. The fourth-order valence-corrected chi connectivity index (χ4v) is 7.61. The molecule has 0 aromatic heterocycles. The highest BCUT2D eigenvalue weighted by atomic mass is 16.6. The van der Waals surface area contributed by atoms with Crippen LogP contribution in [0.5, 0.6) is 0 Å². The van der Waals surface area contributed by atoms with Crippen LogP contribution in [-0.2, 0) is 9.47 Å². The van der Waals surface area contributed by atoms with Gasteiger partial charge in [0.2, 0.25) is 0 Å². The highest BCUT2D eigenvalue weighted by Gasteiger charge is 2.73. The average molecular weight is 569 g/mol. The Morgan fingerprint density at radius 1 is 0.690 bits per heavy atom. The second-order valence-electron chi connectivity index (χ2n) is 15.0. The summed E-state index contributed by atoms with van der Waals surface area (Å²) in [5, 5.41) is 0. The average Bonchev–Trinajstić information content (AvgIpc) is 3.37. The van der Waals surface area contributed by atoms with E-state index in [4.69, 9.17) is 9.47 Å². The van der Waals surface area contributed by atoms with E-state index in [2.05, 4.69) is 148 Å². The zero-order chi connectivity index (χ0) is 30.8. The van der Waals surface area contributed by atoms with Gasteiger partial charge < -0.3 is 9.47 Å². The molecule has 4 atom stereocenters. The van der Waals surface area contributed by atoms with E-state index in [-0.39, 0.29) is 33.7 Å². The van der Waals surface area contributed by atoms with Crippen molar-refractivity contribution >= 4 is 0 Å². The summed E-state index contributed by atoms with van der Waals surface area (Å²) in [7, 11) is 0. The summed E-state index contributed by atoms with van der Waals surface area (Å²) in [6, 6.07) is 0. The fourth-order valence-electron chi connectivity index (χ4n) is 7.61. The first-order valence-corrected chi connectivity index (χ1v) is 16.1. The van der Waals surface area contributed by atoms with E-state index in [1.165, 1.54) is 53.5 Å². The van der Waals surface area contributed by atoms with Gasteiger partial charge in [-0.15, -0.1) is 0 Å². The molecule has 2 aliphatic carbocycles. The van der Waals surface area contributed by atoms with Gasteiger partial charge in [-0.25, -0.2) is 0 Å². The molecular weight excluding hydrogens is 512 g/mol. The standard InChI is InChI=1S/C40H56O2/c1-30(19-13-20-32(3)23-28-40-37(7,8)25-16-27-39(40,10)42-40)17-11-12-18-31(2)21-14-22-33(4)34-29-35-36(5,6)24-15-26-38(35,9)41-34/h11-14,17-23,28-29,34H,15-16,24-27H2,1-10H3/b12-11+,19-13+,21-14+,28-23+,30-17+,31-18+,32-20+,33-22-. The summed E-state index contributed by atoms with van der Waals surface area (Å²) >= 11 is 0. The normalized spacial score (nSPS) is 35.4. The molecule has 2 heteroatoms. The Hall–Kier alpha value is -2.42. The minimum Gasteiger partial charge on any atom is -0.359 e. The molecule has 2 heterocycles. The Morgan fingerprint density at radius 2 is 1.26 bits per heavy atom. The number of hydrogen-bond donors (Lipinski definition) is 0. The zero-order valence-electron chi connectivity index (χ0n) is 28.1. The summed E-state index contributed by atoms with van der Waals surface area (Å²) in [4.78, 5) is 0. The maximum atomic E-state index is 6.56. The smallest absolute Gasteiger partial charge is 0.121 e. The molecule has 1 saturated heterocycles. The third kappa shape index (κ3) is 6.87. The van der Waals surface area contributed by atoms with Gasteiger partial charge >= 0.3 is 0 Å². The third-order valence-electron chi connectivity index (χ3n) is 10.3. The molecule has 0 amide bonds. The molecule has 2 aliphatic heterocycles. The number of fused-ring (bicyclic) bond motifs is 2. The van der Waals surface area contributed by atoms with E-state index in [1.807, 2.05) is 0 Å². The fraction of sp³-hybridized carbons (Fsp3) is 0.550. The first-order valence-electron chi connectivity index (χ1n) is 16.1. The van der Waals surface area contributed by atoms with Gasteiger partial charge in [-0.2, -0.15) is 0 Å². The molecule has 0 aromatic carbocycles. The van der Waals surface area contributed by atoms with Gasteiger partial charge in [-0.1, -0.05) is 111 Å². The minimum atomic E-state index is -0.107. The summed E-state index contributed by atoms with van der Waals surface area (Å²) < 4.78 is 12.9. The second-order valence-corrected chi connectivity index (χ2v) is 15.0. The lowest BCUT2D eigenvalue weighted by atomic mass is 9.64. The van der Waals surface area contributed by atoms with Crippen molar-refractivity contribution in [1.82, 2.24) is 0 Å². The summed E-state index contributed by atoms with van der Waals surface area (Å²) in [6.45, 7) is 22.6. The molecule has 0 spiro atoms. The van der Waals surface area contributed by atoms with Gasteiger partial charge in [-0.3, -0.25) is 0 Å². The van der Waals surface area contributed by atoms with E-state index in [9.17, 15) is 0 Å². The van der Waals surface area contributed by atoms with E-state index < -0.39 is 0 Å². The van der Waals surface area contributed by atoms with Gasteiger partial charge in [0.05, 0.1) is 17.3 Å². The largest absolute Gasteiger partial charge is 0.359 e. The molecule has 0 N–H and O–H groups in total. The summed E-state index contributed by atoms with van der Waals surface area (Å²) in [6.07, 6.45) is 35.8.